The van der Waals surface area contributed by atoms with Gasteiger partial charge in [0.15, 0.2) is 12.1 Å². The maximum atomic E-state index is 12.9. The van der Waals surface area contributed by atoms with Crippen LogP contribution in [0.2, 0.25) is 0 Å². The Morgan fingerprint density at radius 3 is 1.82 bits per heavy atom. The van der Waals surface area contributed by atoms with Crippen LogP contribution >= 0.6 is 0 Å². The normalized spacial score (nSPS) is 21.5. The van der Waals surface area contributed by atoms with Crippen molar-refractivity contribution in [2.45, 2.75) is 196 Å². The molecule has 0 aromatic rings. The van der Waals surface area contributed by atoms with Gasteiger partial charge in [0.05, 0.1) is 55.2 Å². The Morgan fingerprint density at radius 2 is 1.45 bits per heavy atom. The molecule has 13 atom stereocenters. The van der Waals surface area contributed by atoms with Crippen LogP contribution in [0.4, 0.5) is 0 Å². The zero-order valence-corrected chi connectivity index (χ0v) is 41.5. The molecule has 1 heterocycles. The highest BCUT2D eigenvalue weighted by atomic mass is 16.7. The largest absolute Gasteiger partial charge is 0.460 e. The van der Waals surface area contributed by atoms with Crippen LogP contribution in [0.25, 0.3) is 0 Å². The van der Waals surface area contributed by atoms with Crippen molar-refractivity contribution < 1.29 is 64.3 Å². The number of hydrogen-bond donors (Lipinski definition) is 8. The summed E-state index contributed by atoms with van der Waals surface area (Å²) in [5.74, 6) is -2.46. The smallest absolute Gasteiger partial charge is 0.302 e. The minimum Gasteiger partial charge on any atom is -0.460 e. The molecule has 7 unspecified atom stereocenters. The molecule has 0 bridgehead atoms. The lowest BCUT2D eigenvalue weighted by Crippen LogP contribution is -2.56. The van der Waals surface area contributed by atoms with Crippen molar-refractivity contribution in [2.24, 2.45) is 17.8 Å². The molecule has 16 heteroatoms. The fourth-order valence-corrected chi connectivity index (χ4v) is 6.13. The van der Waals surface area contributed by atoms with E-state index in [9.17, 15) is 30.0 Å². The number of rotatable bonds is 20. The van der Waals surface area contributed by atoms with E-state index in [2.05, 4.69) is 10.2 Å². The summed E-state index contributed by atoms with van der Waals surface area (Å²) < 4.78 is 22.8. The molecule has 1 rings (SSSR count). The van der Waals surface area contributed by atoms with E-state index in [-0.39, 0.29) is 49.3 Å². The molecule has 8 N–H and O–H groups in total. The number of nitrogens with zero attached hydrogens (tertiary/aromatic N) is 2. The van der Waals surface area contributed by atoms with Gasteiger partial charge in [-0.2, -0.15) is 5.26 Å². The summed E-state index contributed by atoms with van der Waals surface area (Å²) in [5.41, 5.74) is -3.33. The second kappa shape index (κ2) is 41.2. The Kier molecular flexibility index (Phi) is 47.9. The summed E-state index contributed by atoms with van der Waals surface area (Å²) >= 11 is 0. The van der Waals surface area contributed by atoms with Crippen molar-refractivity contribution in [3.63, 3.8) is 0 Å². The van der Waals surface area contributed by atoms with E-state index in [1.54, 1.807) is 19.9 Å². The van der Waals surface area contributed by atoms with Gasteiger partial charge in [-0.1, -0.05) is 55.4 Å². The summed E-state index contributed by atoms with van der Waals surface area (Å²) in [6.07, 6.45) is -1.04. The number of carbonyl (C=O) groups is 2. The van der Waals surface area contributed by atoms with E-state index in [4.69, 9.17) is 39.5 Å². The predicted molar refractivity (Wildman–Crippen MR) is 239 cm³/mol. The topological polar surface area (TPSA) is 252 Å². The zero-order valence-electron chi connectivity index (χ0n) is 41.5. The van der Waals surface area contributed by atoms with Crippen LogP contribution in [0.3, 0.4) is 0 Å². The third-order valence-electron chi connectivity index (χ3n) is 9.48. The summed E-state index contributed by atoms with van der Waals surface area (Å²) in [6, 6.07) is 2.02. The Morgan fingerprint density at radius 1 is 0.950 bits per heavy atom. The molecule has 0 aromatic heterocycles. The van der Waals surface area contributed by atoms with Crippen LogP contribution in [0, 0.1) is 29.1 Å². The number of hydrogen-bond acceptors (Lipinski definition) is 16. The molecule has 0 aliphatic carbocycles. The lowest BCUT2D eigenvalue weighted by molar-refractivity contribution is -0.267. The summed E-state index contributed by atoms with van der Waals surface area (Å²) in [5, 5.41) is 75.8. The van der Waals surface area contributed by atoms with Crippen molar-refractivity contribution in [2.75, 3.05) is 55.1 Å². The van der Waals surface area contributed by atoms with Gasteiger partial charge >= 0.3 is 5.97 Å². The molecule has 0 amide bonds. The summed E-state index contributed by atoms with van der Waals surface area (Å²) in [7, 11) is 7.88. The fraction of sp³-hybridized carbons (Fsp3) is 0.932. The number of ether oxygens (including phenoxy) is 4. The number of nitrogens with one attached hydrogen (secondary N) is 1. The van der Waals surface area contributed by atoms with Crippen LogP contribution in [0.5, 0.6) is 0 Å². The standard InChI is InChI=1S/C26H52N2O7.C9H18O3.C3H5NO.2C2H6.2CH4O/c1-15(14-27-8)13-25(6,32)24(35-21-12-20(28(9)10)11-16(2)34-21)18(4)22(30)17(3)23(31)26(7,33)19(5)29;1-5-6-11-7(2)8(3)12-9(4)10;4-2-1-3-5;4*1-2/h15-22,24,27,29-30,32-33H,11-14H2,1-10H3;7-8H,5-6H2,1-4H3;5H,1,3H2;2*1-2H3;2*2H,1H3/t15-,16?,17?,18+,19?,20?,21?,22-,24-,25-,26?;7?,8-;;;;;/m11...../s1. The molecule has 0 spiro atoms. The first-order valence-electron chi connectivity index (χ1n) is 21.6. The van der Waals surface area contributed by atoms with E-state index < -0.39 is 53.4 Å². The Bertz CT molecular complexity index is 1030. The van der Waals surface area contributed by atoms with Gasteiger partial charge in [-0.05, 0) is 94.4 Å². The van der Waals surface area contributed by atoms with Crippen molar-refractivity contribution >= 4 is 11.8 Å². The number of carbonyl (C=O) groups excluding carboxylic acids is 2. The van der Waals surface area contributed by atoms with Crippen LogP contribution in [0.15, 0.2) is 0 Å². The molecular weight excluding hydrogens is 778 g/mol. The number of nitriles is 1. The van der Waals surface area contributed by atoms with E-state index >= 15 is 0 Å². The molecular formula is C44H95N3O13. The van der Waals surface area contributed by atoms with Gasteiger partial charge in [0.2, 0.25) is 0 Å². The average Bonchev–Trinajstić information content (AvgIpc) is 3.20. The highest BCUT2D eigenvalue weighted by Gasteiger charge is 2.47. The predicted octanol–water partition coefficient (Wildman–Crippen LogP) is 4.07. The van der Waals surface area contributed by atoms with Gasteiger partial charge < -0.3 is 64.9 Å². The lowest BCUT2D eigenvalue weighted by atomic mass is 9.75. The first kappa shape index (κ1) is 69.8. The maximum absolute atomic E-state index is 12.9. The van der Waals surface area contributed by atoms with Crippen LogP contribution < -0.4 is 5.32 Å². The minimum atomic E-state index is -2.00. The van der Waals surface area contributed by atoms with Gasteiger partial charge in [-0.15, -0.1) is 0 Å². The number of aliphatic hydroxyl groups is 7. The van der Waals surface area contributed by atoms with Gasteiger partial charge in [0.1, 0.15) is 11.7 Å². The quantitative estimate of drug-likeness (QED) is 0.0803. The van der Waals surface area contributed by atoms with Crippen molar-refractivity contribution in [3.8, 4) is 6.07 Å². The number of ketones is 1. The Balaban J connectivity index is -0.000000239. The molecule has 364 valence electrons. The van der Waals surface area contributed by atoms with Gasteiger partial charge in [-0.3, -0.25) is 9.59 Å². The van der Waals surface area contributed by atoms with Gasteiger partial charge in [-0.25, -0.2) is 0 Å². The monoisotopic (exact) mass is 874 g/mol. The number of aliphatic hydroxyl groups excluding tert-OH is 5. The summed E-state index contributed by atoms with van der Waals surface area (Å²) in [4.78, 5) is 25.6. The highest BCUT2D eigenvalue weighted by molar-refractivity contribution is 5.89. The van der Waals surface area contributed by atoms with Crippen LogP contribution in [-0.2, 0) is 28.5 Å². The molecule has 1 saturated heterocycles. The van der Waals surface area contributed by atoms with E-state index in [0.717, 1.165) is 27.1 Å². The van der Waals surface area contributed by atoms with Crippen LogP contribution in [-0.4, -0.2) is 168 Å². The first-order valence-corrected chi connectivity index (χ1v) is 21.6. The van der Waals surface area contributed by atoms with E-state index in [1.165, 1.54) is 27.7 Å². The van der Waals surface area contributed by atoms with E-state index in [1.807, 2.05) is 83.5 Å². The Hall–Kier alpha value is -1.85. The number of Topliss-reactive ketones (excluding diaryl/α,β-unsaturated/α-hetero) is 1. The molecule has 16 nitrogen and oxygen atoms in total. The summed E-state index contributed by atoms with van der Waals surface area (Å²) in [6.45, 7) is 28.1. The lowest BCUT2D eigenvalue weighted by Gasteiger charge is -2.45. The molecule has 0 aromatic carbocycles. The molecule has 1 aliphatic heterocycles. The van der Waals surface area contributed by atoms with E-state index in [0.29, 0.717) is 26.0 Å². The fourth-order valence-electron chi connectivity index (χ4n) is 6.13. The number of esters is 1. The van der Waals surface area contributed by atoms with Crippen molar-refractivity contribution in [1.29, 1.82) is 5.26 Å². The van der Waals surface area contributed by atoms with Gasteiger partial charge in [0.25, 0.3) is 0 Å². The van der Waals surface area contributed by atoms with Crippen LogP contribution in [0.1, 0.15) is 136 Å². The van der Waals surface area contributed by atoms with Crippen molar-refractivity contribution in [3.05, 3.63) is 0 Å². The second-order valence-corrected chi connectivity index (χ2v) is 15.1. The first-order chi connectivity index (χ1) is 27.9. The van der Waals surface area contributed by atoms with Crippen molar-refractivity contribution in [1.82, 2.24) is 10.2 Å². The average molecular weight is 874 g/mol. The molecule has 0 saturated carbocycles. The van der Waals surface area contributed by atoms with Gasteiger partial charge in [0, 0.05) is 52.0 Å². The second-order valence-electron chi connectivity index (χ2n) is 15.1. The zero-order chi connectivity index (χ0) is 49.0. The minimum absolute atomic E-state index is 0.0174. The third kappa shape index (κ3) is 31.1. The highest BCUT2D eigenvalue weighted by Crippen LogP contribution is 2.35. The molecule has 0 radical (unpaired) electrons. The Labute approximate surface area is 366 Å². The maximum Gasteiger partial charge on any atom is 0.302 e. The SMILES string of the molecule is CC.CC.CCCOC(C)[C@@H](C)OC(C)=O.CNC[C@H](C)C[C@@](C)(O)[C@H](OC1CC(N(C)C)CC(C)O1)[C@@H](C)[C@H](O)C(C)C(=O)C(C)(O)C(C)O.CO.CO.N#CCCO. The molecule has 1 fully saturated rings. The molecule has 1 aliphatic rings. The molecule has 60 heavy (non-hydrogen) atoms. The third-order valence-corrected chi connectivity index (χ3v) is 9.48.